The zero-order valence-corrected chi connectivity index (χ0v) is 22.2. The minimum atomic E-state index is -0.211. The van der Waals surface area contributed by atoms with Crippen LogP contribution >= 0.6 is 0 Å². The van der Waals surface area contributed by atoms with Gasteiger partial charge < -0.3 is 28.4 Å². The van der Waals surface area contributed by atoms with Gasteiger partial charge in [0.15, 0.2) is 0 Å². The molecule has 0 spiro atoms. The minimum Gasteiger partial charge on any atom is -0.466 e. The van der Waals surface area contributed by atoms with Crippen molar-refractivity contribution in [3.05, 3.63) is 0 Å². The maximum Gasteiger partial charge on any atom is 0.302 e. The summed E-state index contributed by atoms with van der Waals surface area (Å²) < 4.78 is 28.8. The first kappa shape index (κ1) is 66.5. The van der Waals surface area contributed by atoms with E-state index in [0.717, 1.165) is 77.6 Å². The monoisotopic (exact) mass is 600 g/mol. The highest BCUT2D eigenvalue weighted by Gasteiger charge is 1.94. The summed E-state index contributed by atoms with van der Waals surface area (Å²) in [7, 11) is 5.05. The Bertz CT molecular complexity index is 444. The molecule has 0 radical (unpaired) electrons. The lowest BCUT2D eigenvalue weighted by Crippen LogP contribution is -2.01. The Hall–Kier alpha value is -1.78. The highest BCUT2D eigenvalue weighted by atomic mass is 19.0. The molecule has 10 heteroatoms. The molecule has 0 amide bonds. The highest BCUT2D eigenvalue weighted by molar-refractivity contribution is 5.66. The number of rotatable bonds is 18. The molecule has 9 nitrogen and oxygen atoms in total. The number of hydrogen-bond donors (Lipinski definition) is 0. The second-order valence-electron chi connectivity index (χ2n) is 7.18. The quantitative estimate of drug-likeness (QED) is 0.0873. The van der Waals surface area contributed by atoms with E-state index in [2.05, 4.69) is 0 Å². The first-order valence-corrected chi connectivity index (χ1v) is 11.7. The zero-order chi connectivity index (χ0) is 25.6. The van der Waals surface area contributed by atoms with Crippen LogP contribution in [0.1, 0.15) is 125 Å². The summed E-state index contributed by atoms with van der Waals surface area (Å²) >= 11 is 0. The zero-order valence-electron chi connectivity index (χ0n) is 22.2. The lowest BCUT2D eigenvalue weighted by Gasteiger charge is -2.01. The molecular weight excluding hydrogens is 523 g/mol. The topological polar surface area (TPSA) is 107 Å². The number of carbonyl (C=O) groups excluding carboxylic acids is 3. The Morgan fingerprint density at radius 2 is 0.575 bits per heavy atom. The molecule has 0 aromatic rings. The Labute approximate surface area is 251 Å². The van der Waals surface area contributed by atoms with Gasteiger partial charge in [0.1, 0.15) is 0 Å². The lowest BCUT2D eigenvalue weighted by atomic mass is 10.2. The summed E-state index contributed by atoms with van der Waals surface area (Å²) in [6, 6.07) is 0. The summed E-state index contributed by atoms with van der Waals surface area (Å²) in [5, 5.41) is 0. The van der Waals surface area contributed by atoms with E-state index in [9.17, 15) is 14.4 Å². The van der Waals surface area contributed by atoms with E-state index in [1.165, 1.54) is 20.8 Å². The highest BCUT2D eigenvalue weighted by Crippen LogP contribution is 2.00. The van der Waals surface area contributed by atoms with Gasteiger partial charge >= 0.3 is 17.9 Å². The molecule has 0 aromatic heterocycles. The van der Waals surface area contributed by atoms with Crippen LogP contribution in [0.5, 0.6) is 0 Å². The lowest BCUT2D eigenvalue weighted by molar-refractivity contribution is -0.142. The van der Waals surface area contributed by atoms with Crippen LogP contribution in [0.25, 0.3) is 0 Å². The van der Waals surface area contributed by atoms with Gasteiger partial charge in [-0.05, 0) is 51.4 Å². The standard InChI is InChI=1S/C9H18O3.C8H16O3.C7H14O3.6CH4.FH.H2/c1-9(10)12-8-6-4-3-5-7-11-2;1-8(9)11-7-5-3-4-6-10-2;1-7(8)10-6-4-3-5-9-2;;;;;;;;/h3-8H2,1-2H3;3-7H2,1-2H3;3-6H2,1-2H3;6*1H4;2*1H/i;;;;;;;;;;1+1. The molecule has 0 aliphatic carbocycles. The molecule has 0 saturated carbocycles. The molecule has 0 aliphatic rings. The molecule has 0 atom stereocenters. The summed E-state index contributed by atoms with van der Waals surface area (Å²) in [6.45, 7) is 8.24. The first-order chi connectivity index (χ1) is 15.8. The SMILES string of the molecule is C.C.C.C.C.C.COCCCCCCOC(C)=O.COCCCCCOC(C)=O.COCCCCOC(C)=O.F.[2HH]. The van der Waals surface area contributed by atoms with Gasteiger partial charge in [-0.2, -0.15) is 0 Å². The second-order valence-corrected chi connectivity index (χ2v) is 7.18. The number of unbranched alkanes of at least 4 members (excludes halogenated alkanes) is 6. The molecule has 0 aliphatic heterocycles. The van der Waals surface area contributed by atoms with Gasteiger partial charge in [0.2, 0.25) is 0 Å². The van der Waals surface area contributed by atoms with Crippen LogP contribution in [0.3, 0.4) is 0 Å². The average molecular weight is 600 g/mol. The van der Waals surface area contributed by atoms with Crippen LogP contribution in [0.2, 0.25) is 0 Å². The fourth-order valence-corrected chi connectivity index (χ4v) is 2.22. The molecule has 0 bridgehead atoms. The molecule has 0 N–H and O–H groups in total. The van der Waals surface area contributed by atoms with E-state index < -0.39 is 0 Å². The molecule has 0 unspecified atom stereocenters. The molecule has 0 rings (SSSR count). The first-order valence-electron chi connectivity index (χ1n) is 11.7. The van der Waals surface area contributed by atoms with E-state index in [0.29, 0.717) is 19.8 Å². The number of methoxy groups -OCH3 is 3. The van der Waals surface area contributed by atoms with Crippen molar-refractivity contribution in [2.24, 2.45) is 0 Å². The van der Waals surface area contributed by atoms with Crippen molar-refractivity contribution < 1.29 is 48.9 Å². The molecule has 40 heavy (non-hydrogen) atoms. The van der Waals surface area contributed by atoms with E-state index in [1.54, 1.807) is 21.3 Å². The van der Waals surface area contributed by atoms with Crippen LogP contribution in [0.15, 0.2) is 0 Å². The number of ether oxygens (including phenoxy) is 6. The van der Waals surface area contributed by atoms with Crippen molar-refractivity contribution in [3.8, 4) is 0 Å². The third kappa shape index (κ3) is 91.0. The number of halogens is 1. The Balaban J connectivity index is -0.0000000334. The summed E-state index contributed by atoms with van der Waals surface area (Å²) in [5.41, 5.74) is 0. The van der Waals surface area contributed by atoms with E-state index in [1.807, 2.05) is 0 Å². The Morgan fingerprint density at radius 3 is 0.800 bits per heavy atom. The van der Waals surface area contributed by atoms with Crippen molar-refractivity contribution in [2.75, 3.05) is 61.0 Å². The number of hydrogen-bond acceptors (Lipinski definition) is 9. The minimum absolute atomic E-state index is 0. The van der Waals surface area contributed by atoms with Crippen molar-refractivity contribution in [1.82, 2.24) is 0 Å². The Morgan fingerprint density at radius 1 is 0.400 bits per heavy atom. The van der Waals surface area contributed by atoms with Gasteiger partial charge in [-0.3, -0.25) is 19.1 Å². The molecule has 0 aromatic carbocycles. The van der Waals surface area contributed by atoms with E-state index in [-0.39, 0.29) is 68.6 Å². The molecule has 256 valence electrons. The smallest absolute Gasteiger partial charge is 0.302 e. The number of carbonyl (C=O) groups is 3. The normalized spacial score (nSPS) is 7.95. The number of esters is 3. The predicted molar refractivity (Wildman–Crippen MR) is 172 cm³/mol. The maximum atomic E-state index is 10.3. The van der Waals surface area contributed by atoms with Crippen LogP contribution in [-0.4, -0.2) is 78.9 Å². The summed E-state index contributed by atoms with van der Waals surface area (Å²) in [6.07, 6.45) is 9.17. The van der Waals surface area contributed by atoms with Gasteiger partial charge in [-0.25, -0.2) is 0 Å². The van der Waals surface area contributed by atoms with Gasteiger partial charge in [0.05, 0.1) is 19.8 Å². The van der Waals surface area contributed by atoms with Crippen LogP contribution in [0.4, 0.5) is 4.70 Å². The van der Waals surface area contributed by atoms with Crippen LogP contribution < -0.4 is 0 Å². The van der Waals surface area contributed by atoms with Crippen molar-refractivity contribution in [1.29, 1.82) is 0 Å². The average Bonchev–Trinajstić information content (AvgIpc) is 2.76. The fourth-order valence-electron chi connectivity index (χ4n) is 2.22. The van der Waals surface area contributed by atoms with Gasteiger partial charge in [-0.15, -0.1) is 0 Å². The molecular formula is C30H75FO9. The second kappa shape index (κ2) is 61.3. The fraction of sp³-hybridized carbons (Fsp3) is 0.900. The molecule has 0 fully saturated rings. The van der Waals surface area contributed by atoms with Crippen molar-refractivity contribution in [3.63, 3.8) is 0 Å². The summed E-state index contributed by atoms with van der Waals surface area (Å²) in [4.78, 5) is 30.8. The third-order valence-corrected chi connectivity index (χ3v) is 3.89. The van der Waals surface area contributed by atoms with Crippen LogP contribution in [-0.2, 0) is 42.8 Å². The maximum absolute atomic E-state index is 10.3. The van der Waals surface area contributed by atoms with Gasteiger partial charge in [-0.1, -0.05) is 51.0 Å². The van der Waals surface area contributed by atoms with Crippen LogP contribution in [0, 0.1) is 0 Å². The van der Waals surface area contributed by atoms with E-state index >= 15 is 0 Å². The van der Waals surface area contributed by atoms with Gasteiger partial charge in [0, 0.05) is 63.3 Å². The Kier molecular flexibility index (Phi) is 102. The predicted octanol–water partition coefficient (Wildman–Crippen LogP) is 8.31. The van der Waals surface area contributed by atoms with Gasteiger partial charge in [0.25, 0.3) is 0 Å². The third-order valence-electron chi connectivity index (χ3n) is 3.89. The largest absolute Gasteiger partial charge is 0.466 e. The van der Waals surface area contributed by atoms with Crippen molar-refractivity contribution in [2.45, 2.75) is 123 Å². The molecule has 0 saturated heterocycles. The summed E-state index contributed by atoms with van der Waals surface area (Å²) in [5.74, 6) is -0.596. The van der Waals surface area contributed by atoms with Crippen molar-refractivity contribution >= 4 is 17.9 Å². The van der Waals surface area contributed by atoms with E-state index in [4.69, 9.17) is 28.4 Å². The molecule has 0 heterocycles.